The molecule has 1 saturated carbocycles. The van der Waals surface area contributed by atoms with Gasteiger partial charge < -0.3 is 0 Å². The second-order valence-electron chi connectivity index (χ2n) is 5.23. The zero-order valence-electron chi connectivity index (χ0n) is 9.99. The number of rotatable bonds is 3. The fourth-order valence-corrected chi connectivity index (χ4v) is 4.93. The van der Waals surface area contributed by atoms with Crippen molar-refractivity contribution in [2.24, 2.45) is 5.92 Å². The summed E-state index contributed by atoms with van der Waals surface area (Å²) in [6.45, 7) is 2.16. The van der Waals surface area contributed by atoms with Crippen molar-refractivity contribution in [1.82, 2.24) is 4.31 Å². The molecule has 1 amide bonds. The van der Waals surface area contributed by atoms with Gasteiger partial charge in [0.1, 0.15) is 0 Å². The summed E-state index contributed by atoms with van der Waals surface area (Å²) in [6, 6.07) is 0. The summed E-state index contributed by atoms with van der Waals surface area (Å²) in [5.74, 6) is 0.329. The van der Waals surface area contributed by atoms with Gasteiger partial charge in [0.05, 0.1) is 12.0 Å². The summed E-state index contributed by atoms with van der Waals surface area (Å²) in [6.07, 6.45) is 6.25. The van der Waals surface area contributed by atoms with E-state index in [-0.39, 0.29) is 5.91 Å². The van der Waals surface area contributed by atoms with Crippen molar-refractivity contribution in [3.8, 4) is 0 Å². The SMILES string of the molecule is CCCC1CCC2(CC1)CC(=O)N2S(=O)(=O)Cl. The third kappa shape index (κ3) is 2.32. The van der Waals surface area contributed by atoms with E-state index in [9.17, 15) is 13.2 Å². The minimum Gasteiger partial charge on any atom is -0.274 e. The molecule has 0 aromatic heterocycles. The van der Waals surface area contributed by atoms with E-state index < -0.39 is 14.8 Å². The zero-order valence-corrected chi connectivity index (χ0v) is 11.6. The topological polar surface area (TPSA) is 54.5 Å². The minimum atomic E-state index is -3.90. The Bertz CT molecular complexity index is 412. The van der Waals surface area contributed by atoms with Gasteiger partial charge in [-0.1, -0.05) is 19.8 Å². The summed E-state index contributed by atoms with van der Waals surface area (Å²) < 4.78 is 23.7. The summed E-state index contributed by atoms with van der Waals surface area (Å²) in [7, 11) is 1.43. The van der Waals surface area contributed by atoms with Crippen LogP contribution in [0.5, 0.6) is 0 Å². The molecule has 2 rings (SSSR count). The molecule has 6 heteroatoms. The van der Waals surface area contributed by atoms with Gasteiger partial charge in [0, 0.05) is 10.7 Å². The maximum atomic E-state index is 11.4. The predicted molar refractivity (Wildman–Crippen MR) is 65.8 cm³/mol. The largest absolute Gasteiger partial charge is 0.324 e. The van der Waals surface area contributed by atoms with Crippen molar-refractivity contribution in [1.29, 1.82) is 0 Å². The molecule has 1 spiro atoms. The van der Waals surface area contributed by atoms with Crippen LogP contribution in [0.3, 0.4) is 0 Å². The average molecular weight is 280 g/mol. The van der Waals surface area contributed by atoms with Crippen molar-refractivity contribution in [3.05, 3.63) is 0 Å². The highest BCUT2D eigenvalue weighted by molar-refractivity contribution is 8.12. The van der Waals surface area contributed by atoms with E-state index in [1.807, 2.05) is 0 Å². The number of hydrogen-bond acceptors (Lipinski definition) is 3. The molecule has 2 fully saturated rings. The number of halogens is 1. The highest BCUT2D eigenvalue weighted by Gasteiger charge is 2.57. The highest BCUT2D eigenvalue weighted by atomic mass is 35.7. The van der Waals surface area contributed by atoms with Crippen LogP contribution in [0.4, 0.5) is 0 Å². The summed E-state index contributed by atoms with van der Waals surface area (Å²) in [5.41, 5.74) is -0.484. The van der Waals surface area contributed by atoms with Gasteiger partial charge in [-0.05, 0) is 31.6 Å². The van der Waals surface area contributed by atoms with Crippen molar-refractivity contribution >= 4 is 25.8 Å². The lowest BCUT2D eigenvalue weighted by Gasteiger charge is -2.52. The maximum absolute atomic E-state index is 11.4. The molecule has 1 aliphatic heterocycles. The molecule has 17 heavy (non-hydrogen) atoms. The first kappa shape index (κ1) is 13.1. The Morgan fingerprint density at radius 2 is 2.00 bits per heavy atom. The predicted octanol–water partition coefficient (Wildman–Crippen LogP) is 2.43. The second kappa shape index (κ2) is 4.43. The van der Waals surface area contributed by atoms with Crippen LogP contribution in [0.25, 0.3) is 0 Å². The summed E-state index contributed by atoms with van der Waals surface area (Å²) in [5, 5.41) is 0. The van der Waals surface area contributed by atoms with Crippen LogP contribution >= 0.6 is 10.7 Å². The van der Waals surface area contributed by atoms with E-state index >= 15 is 0 Å². The van der Waals surface area contributed by atoms with Gasteiger partial charge in [-0.15, -0.1) is 0 Å². The van der Waals surface area contributed by atoms with Crippen molar-refractivity contribution < 1.29 is 13.2 Å². The molecule has 0 atom stereocenters. The second-order valence-corrected chi connectivity index (χ2v) is 7.59. The van der Waals surface area contributed by atoms with Crippen molar-refractivity contribution in [2.75, 3.05) is 0 Å². The molecule has 0 aromatic rings. The lowest BCUT2D eigenvalue weighted by Crippen LogP contribution is -2.65. The first-order valence-corrected chi connectivity index (χ1v) is 8.43. The van der Waals surface area contributed by atoms with Crippen LogP contribution in [0, 0.1) is 5.92 Å². The lowest BCUT2D eigenvalue weighted by atomic mass is 9.70. The minimum absolute atomic E-state index is 0.345. The molecule has 0 radical (unpaired) electrons. The molecule has 0 aromatic carbocycles. The molecular weight excluding hydrogens is 262 g/mol. The molecular formula is C11H18ClNO3S. The van der Waals surface area contributed by atoms with E-state index in [4.69, 9.17) is 10.7 Å². The van der Waals surface area contributed by atoms with E-state index in [1.165, 1.54) is 6.42 Å². The summed E-state index contributed by atoms with van der Waals surface area (Å²) in [4.78, 5) is 11.4. The maximum Gasteiger partial charge on any atom is 0.324 e. The van der Waals surface area contributed by atoms with Gasteiger partial charge >= 0.3 is 9.24 Å². The van der Waals surface area contributed by atoms with Crippen LogP contribution in [-0.4, -0.2) is 24.2 Å². The van der Waals surface area contributed by atoms with E-state index in [0.717, 1.165) is 36.4 Å². The fourth-order valence-electron chi connectivity index (χ4n) is 3.24. The Labute approximate surface area is 107 Å². The first-order valence-electron chi connectivity index (χ1n) is 6.17. The van der Waals surface area contributed by atoms with Crippen LogP contribution in [0.15, 0.2) is 0 Å². The number of hydrogen-bond donors (Lipinski definition) is 0. The number of amides is 1. The molecule has 4 nitrogen and oxygen atoms in total. The van der Waals surface area contributed by atoms with E-state index in [0.29, 0.717) is 12.3 Å². The number of carbonyl (C=O) groups is 1. The Balaban J connectivity index is 2.06. The van der Waals surface area contributed by atoms with Crippen LogP contribution in [0.1, 0.15) is 51.9 Å². The quantitative estimate of drug-likeness (QED) is 0.589. The fraction of sp³-hybridized carbons (Fsp3) is 0.909. The molecule has 2 aliphatic rings. The third-order valence-electron chi connectivity index (χ3n) is 4.09. The molecule has 98 valence electrons. The molecule has 0 bridgehead atoms. The standard InChI is InChI=1S/C11H18ClNO3S/c1-2-3-9-4-6-11(7-5-9)8-10(14)13(11)17(12,15)16/h9H,2-8H2,1H3. The van der Waals surface area contributed by atoms with Crippen LogP contribution < -0.4 is 0 Å². The zero-order chi connectivity index (χ0) is 12.7. The normalized spacial score (nSPS) is 33.9. The van der Waals surface area contributed by atoms with Gasteiger partial charge in [0.15, 0.2) is 0 Å². The van der Waals surface area contributed by atoms with Gasteiger partial charge in [-0.2, -0.15) is 8.42 Å². The van der Waals surface area contributed by atoms with Crippen molar-refractivity contribution in [3.63, 3.8) is 0 Å². The number of nitrogens with zero attached hydrogens (tertiary/aromatic N) is 1. The smallest absolute Gasteiger partial charge is 0.274 e. The van der Waals surface area contributed by atoms with Crippen LogP contribution in [-0.2, 0) is 14.0 Å². The Morgan fingerprint density at radius 1 is 1.41 bits per heavy atom. The first-order chi connectivity index (χ1) is 7.89. The molecule has 1 aliphatic carbocycles. The van der Waals surface area contributed by atoms with Gasteiger partial charge in [-0.25, -0.2) is 4.31 Å². The van der Waals surface area contributed by atoms with Gasteiger partial charge in [-0.3, -0.25) is 4.79 Å². The van der Waals surface area contributed by atoms with E-state index in [2.05, 4.69) is 6.92 Å². The number of carbonyl (C=O) groups excluding carboxylic acids is 1. The Hall–Kier alpha value is -0.290. The Morgan fingerprint density at radius 3 is 2.41 bits per heavy atom. The third-order valence-corrected chi connectivity index (χ3v) is 5.53. The number of β-lactam (4-membered cyclic amide) rings is 1. The molecule has 0 N–H and O–H groups in total. The molecule has 1 heterocycles. The van der Waals surface area contributed by atoms with Gasteiger partial charge in [0.25, 0.3) is 0 Å². The van der Waals surface area contributed by atoms with Crippen molar-refractivity contribution in [2.45, 2.75) is 57.4 Å². The molecule has 1 saturated heterocycles. The summed E-state index contributed by atoms with van der Waals surface area (Å²) >= 11 is 0. The monoisotopic (exact) mass is 279 g/mol. The van der Waals surface area contributed by atoms with Gasteiger partial charge in [0.2, 0.25) is 5.91 Å². The molecule has 0 unspecified atom stereocenters. The Kier molecular flexibility index (Phi) is 3.42. The van der Waals surface area contributed by atoms with E-state index in [1.54, 1.807) is 0 Å². The highest BCUT2D eigenvalue weighted by Crippen LogP contribution is 2.48. The average Bonchev–Trinajstić information content (AvgIpc) is 2.18. The lowest BCUT2D eigenvalue weighted by molar-refractivity contribution is -0.148. The van der Waals surface area contributed by atoms with Crippen LogP contribution in [0.2, 0.25) is 0 Å².